The molecule has 7 heteroatoms. The highest BCUT2D eigenvalue weighted by atomic mass is 35.5. The van der Waals surface area contributed by atoms with Crippen LogP contribution in [-0.4, -0.2) is 10.9 Å². The Morgan fingerprint density at radius 3 is 2.45 bits per heavy atom. The number of benzene rings is 1. The van der Waals surface area contributed by atoms with E-state index in [9.17, 15) is 9.59 Å². The minimum atomic E-state index is -0.509. The molecule has 0 spiro atoms. The summed E-state index contributed by atoms with van der Waals surface area (Å²) in [5, 5.41) is 3.29. The first kappa shape index (κ1) is 15.4. The standard InChI is InChI=1S/C15H11Cl3N2O2/c16-10-5-8(6-11(17)13(10)18)19-14(21)9-4-7-2-1-3-12(7)20-15(9)22/h4-6H,1-3H2,(H,19,21)(H,20,22). The van der Waals surface area contributed by atoms with E-state index in [1.807, 2.05) is 0 Å². The molecular formula is C15H11Cl3N2O2. The normalized spacial score (nSPS) is 13.0. The Bertz CT molecular complexity index is 807. The van der Waals surface area contributed by atoms with Gasteiger partial charge in [-0.3, -0.25) is 9.59 Å². The van der Waals surface area contributed by atoms with Crippen molar-refractivity contribution in [3.63, 3.8) is 0 Å². The van der Waals surface area contributed by atoms with Gasteiger partial charge in [0.1, 0.15) is 5.56 Å². The largest absolute Gasteiger partial charge is 0.325 e. The van der Waals surface area contributed by atoms with E-state index in [1.54, 1.807) is 6.07 Å². The summed E-state index contributed by atoms with van der Waals surface area (Å²) < 4.78 is 0. The average Bonchev–Trinajstić information content (AvgIpc) is 2.90. The lowest BCUT2D eigenvalue weighted by atomic mass is 10.1. The van der Waals surface area contributed by atoms with E-state index < -0.39 is 11.5 Å². The Balaban J connectivity index is 1.91. The van der Waals surface area contributed by atoms with Crippen LogP contribution in [0.3, 0.4) is 0 Å². The average molecular weight is 358 g/mol. The molecule has 114 valence electrons. The number of pyridine rings is 1. The molecule has 1 aromatic carbocycles. The van der Waals surface area contributed by atoms with Gasteiger partial charge in [-0.05, 0) is 43.0 Å². The zero-order valence-electron chi connectivity index (χ0n) is 11.3. The number of amides is 1. The van der Waals surface area contributed by atoms with Crippen LogP contribution in [-0.2, 0) is 12.8 Å². The third-order valence-electron chi connectivity index (χ3n) is 3.57. The quantitative estimate of drug-likeness (QED) is 0.796. The summed E-state index contributed by atoms with van der Waals surface area (Å²) in [6, 6.07) is 4.61. The van der Waals surface area contributed by atoms with Crippen molar-refractivity contribution in [1.82, 2.24) is 4.98 Å². The number of carbonyl (C=O) groups excluding carboxylic acids is 1. The molecule has 0 saturated carbocycles. The maximum atomic E-state index is 12.3. The van der Waals surface area contributed by atoms with Crippen molar-refractivity contribution in [3.05, 3.63) is 60.4 Å². The fourth-order valence-electron chi connectivity index (χ4n) is 2.51. The first-order chi connectivity index (χ1) is 10.5. The van der Waals surface area contributed by atoms with Gasteiger partial charge in [-0.15, -0.1) is 0 Å². The molecule has 0 atom stereocenters. The molecule has 2 N–H and O–H groups in total. The molecule has 0 fully saturated rings. The van der Waals surface area contributed by atoms with Crippen LogP contribution in [0.15, 0.2) is 23.0 Å². The van der Waals surface area contributed by atoms with Crippen LogP contribution in [0.25, 0.3) is 0 Å². The number of carbonyl (C=O) groups is 1. The lowest BCUT2D eigenvalue weighted by Crippen LogP contribution is -2.24. The first-order valence-electron chi connectivity index (χ1n) is 6.66. The summed E-state index contributed by atoms with van der Waals surface area (Å²) in [7, 11) is 0. The van der Waals surface area contributed by atoms with E-state index in [1.165, 1.54) is 12.1 Å². The molecule has 0 bridgehead atoms. The molecule has 1 amide bonds. The van der Waals surface area contributed by atoms with Gasteiger partial charge in [0.15, 0.2) is 0 Å². The van der Waals surface area contributed by atoms with Gasteiger partial charge in [0.2, 0.25) is 0 Å². The number of hydrogen-bond donors (Lipinski definition) is 2. The zero-order valence-corrected chi connectivity index (χ0v) is 13.6. The third-order valence-corrected chi connectivity index (χ3v) is 4.77. The van der Waals surface area contributed by atoms with Crippen LogP contribution in [0.4, 0.5) is 5.69 Å². The molecule has 0 saturated heterocycles. The van der Waals surface area contributed by atoms with Crippen molar-refractivity contribution < 1.29 is 4.79 Å². The monoisotopic (exact) mass is 356 g/mol. The molecule has 0 radical (unpaired) electrons. The fraction of sp³-hybridized carbons (Fsp3) is 0.200. The molecule has 1 aliphatic carbocycles. The second-order valence-electron chi connectivity index (χ2n) is 5.08. The Labute approximate surface area is 141 Å². The SMILES string of the molecule is O=C(Nc1cc(Cl)c(Cl)c(Cl)c1)c1cc2c([nH]c1=O)CCC2. The van der Waals surface area contributed by atoms with Crippen LogP contribution in [0, 0.1) is 0 Å². The lowest BCUT2D eigenvalue weighted by molar-refractivity contribution is 0.102. The summed E-state index contributed by atoms with van der Waals surface area (Å²) in [5.74, 6) is -0.509. The number of halogens is 3. The molecular weight excluding hydrogens is 347 g/mol. The maximum absolute atomic E-state index is 12.3. The number of nitrogens with one attached hydrogen (secondary N) is 2. The number of fused-ring (bicyclic) bond motifs is 1. The predicted molar refractivity (Wildman–Crippen MR) is 88.5 cm³/mol. The van der Waals surface area contributed by atoms with Crippen molar-refractivity contribution in [1.29, 1.82) is 0 Å². The second kappa shape index (κ2) is 5.95. The van der Waals surface area contributed by atoms with E-state index in [0.29, 0.717) is 5.69 Å². The lowest BCUT2D eigenvalue weighted by Gasteiger charge is -2.08. The van der Waals surface area contributed by atoms with Crippen molar-refractivity contribution >= 4 is 46.4 Å². The second-order valence-corrected chi connectivity index (χ2v) is 6.27. The third kappa shape index (κ3) is 2.86. The number of hydrogen-bond acceptors (Lipinski definition) is 2. The van der Waals surface area contributed by atoms with Gasteiger partial charge in [0.05, 0.1) is 15.1 Å². The molecule has 1 aliphatic rings. The summed E-state index contributed by atoms with van der Waals surface area (Å²) >= 11 is 17.7. The summed E-state index contributed by atoms with van der Waals surface area (Å²) in [4.78, 5) is 27.1. The molecule has 0 unspecified atom stereocenters. The summed E-state index contributed by atoms with van der Waals surface area (Å²) in [6.45, 7) is 0. The van der Waals surface area contributed by atoms with Crippen LogP contribution in [0.1, 0.15) is 28.0 Å². The van der Waals surface area contributed by atoms with Crippen LogP contribution in [0.2, 0.25) is 15.1 Å². The Hall–Kier alpha value is -1.49. The van der Waals surface area contributed by atoms with Crippen LogP contribution in [0.5, 0.6) is 0 Å². The molecule has 3 rings (SSSR count). The van der Waals surface area contributed by atoms with Crippen molar-refractivity contribution in [2.24, 2.45) is 0 Å². The first-order valence-corrected chi connectivity index (χ1v) is 7.80. The van der Waals surface area contributed by atoms with Crippen LogP contribution >= 0.6 is 34.8 Å². The highest BCUT2D eigenvalue weighted by molar-refractivity contribution is 6.48. The number of aromatic amines is 1. The van der Waals surface area contributed by atoms with Crippen molar-refractivity contribution in [3.8, 4) is 0 Å². The molecule has 1 aromatic heterocycles. The van der Waals surface area contributed by atoms with Gasteiger partial charge < -0.3 is 10.3 Å². The zero-order chi connectivity index (χ0) is 15.9. The van der Waals surface area contributed by atoms with Gasteiger partial charge in [0.25, 0.3) is 11.5 Å². The van der Waals surface area contributed by atoms with Crippen LogP contribution < -0.4 is 10.9 Å². The summed E-state index contributed by atoms with van der Waals surface area (Å²) in [5.41, 5.74) is 1.98. The number of rotatable bonds is 2. The molecule has 22 heavy (non-hydrogen) atoms. The highest BCUT2D eigenvalue weighted by Gasteiger charge is 2.18. The highest BCUT2D eigenvalue weighted by Crippen LogP contribution is 2.33. The van der Waals surface area contributed by atoms with Gasteiger partial charge in [0, 0.05) is 11.4 Å². The topological polar surface area (TPSA) is 62.0 Å². The Kier molecular flexibility index (Phi) is 4.17. The number of aromatic nitrogens is 1. The summed E-state index contributed by atoms with van der Waals surface area (Å²) in [6.07, 6.45) is 2.69. The number of aryl methyl sites for hydroxylation is 2. The van der Waals surface area contributed by atoms with E-state index in [0.717, 1.165) is 30.5 Å². The molecule has 0 aliphatic heterocycles. The van der Waals surface area contributed by atoms with E-state index >= 15 is 0 Å². The van der Waals surface area contributed by atoms with E-state index in [2.05, 4.69) is 10.3 Å². The molecule has 2 aromatic rings. The Morgan fingerprint density at radius 2 is 1.77 bits per heavy atom. The number of anilines is 1. The van der Waals surface area contributed by atoms with Gasteiger partial charge in [-0.25, -0.2) is 0 Å². The minimum absolute atomic E-state index is 0.0721. The fourth-order valence-corrected chi connectivity index (χ4v) is 3.10. The molecule has 1 heterocycles. The van der Waals surface area contributed by atoms with Gasteiger partial charge >= 0.3 is 0 Å². The van der Waals surface area contributed by atoms with Gasteiger partial charge in [-0.1, -0.05) is 34.8 Å². The molecule has 4 nitrogen and oxygen atoms in total. The maximum Gasteiger partial charge on any atom is 0.261 e. The number of H-pyrrole nitrogens is 1. The van der Waals surface area contributed by atoms with Crippen molar-refractivity contribution in [2.75, 3.05) is 5.32 Å². The van der Waals surface area contributed by atoms with Gasteiger partial charge in [-0.2, -0.15) is 0 Å². The Morgan fingerprint density at radius 1 is 1.09 bits per heavy atom. The van der Waals surface area contributed by atoms with E-state index in [-0.39, 0.29) is 20.6 Å². The minimum Gasteiger partial charge on any atom is -0.325 e. The smallest absolute Gasteiger partial charge is 0.261 e. The predicted octanol–water partition coefficient (Wildman–Crippen LogP) is 4.08. The van der Waals surface area contributed by atoms with Crippen molar-refractivity contribution in [2.45, 2.75) is 19.3 Å². The van der Waals surface area contributed by atoms with E-state index in [4.69, 9.17) is 34.8 Å².